The fraction of sp³-hybridized carbons (Fsp3) is 0. The highest BCUT2D eigenvalue weighted by molar-refractivity contribution is 6.14. The topological polar surface area (TPSA) is 14.8 Å². The van der Waals surface area contributed by atoms with Crippen LogP contribution < -0.4 is 0 Å². The van der Waals surface area contributed by atoms with Gasteiger partial charge in [-0.2, -0.15) is 0 Å². The highest BCUT2D eigenvalue weighted by Crippen LogP contribution is 2.38. The smallest absolute Gasteiger partial charge is 0.0548 e. The third kappa shape index (κ3) is 3.93. The van der Waals surface area contributed by atoms with Crippen LogP contribution in [0.4, 0.5) is 0 Å². The van der Waals surface area contributed by atoms with Gasteiger partial charge in [-0.25, -0.2) is 0 Å². The molecule has 0 spiro atoms. The molecular weight excluding hydrogens is 571 g/mol. The summed E-state index contributed by atoms with van der Waals surface area (Å²) < 4.78 is 7.10. The van der Waals surface area contributed by atoms with Gasteiger partial charge in [-0.3, -0.25) is 0 Å². The molecule has 0 unspecified atom stereocenters. The highest BCUT2D eigenvalue weighted by atomic mass is 15.0. The van der Waals surface area contributed by atoms with Crippen LogP contribution in [-0.4, -0.2) is 13.7 Å². The van der Waals surface area contributed by atoms with Crippen molar-refractivity contribution in [2.24, 2.45) is 0 Å². The van der Waals surface area contributed by atoms with Crippen molar-refractivity contribution in [3.8, 4) is 28.2 Å². The molecule has 10 aromatic rings. The van der Waals surface area contributed by atoms with E-state index in [1.807, 2.05) is 0 Å². The zero-order valence-electron chi connectivity index (χ0n) is 25.6. The molecule has 0 amide bonds. The molecule has 0 N–H and O–H groups in total. The summed E-state index contributed by atoms with van der Waals surface area (Å²) in [4.78, 5) is 0. The van der Waals surface area contributed by atoms with E-state index in [0.29, 0.717) is 0 Å². The Hall–Kier alpha value is -6.32. The van der Waals surface area contributed by atoms with Gasteiger partial charge in [0.05, 0.1) is 27.6 Å². The number of nitrogens with zero attached hydrogens (tertiary/aromatic N) is 3. The molecule has 3 heteroatoms. The van der Waals surface area contributed by atoms with Crippen molar-refractivity contribution in [2.75, 3.05) is 0 Å². The molecule has 0 aliphatic carbocycles. The third-order valence-corrected chi connectivity index (χ3v) is 9.67. The second-order valence-electron chi connectivity index (χ2n) is 12.3. The third-order valence-electron chi connectivity index (χ3n) is 9.67. The maximum atomic E-state index is 2.41. The van der Waals surface area contributed by atoms with Crippen LogP contribution in [0.1, 0.15) is 0 Å². The lowest BCUT2D eigenvalue weighted by Crippen LogP contribution is -1.97. The van der Waals surface area contributed by atoms with Crippen LogP contribution in [0.5, 0.6) is 0 Å². The Kier molecular flexibility index (Phi) is 5.57. The molecule has 0 saturated heterocycles. The van der Waals surface area contributed by atoms with Crippen molar-refractivity contribution in [2.45, 2.75) is 0 Å². The minimum atomic E-state index is 1.15. The molecular formula is C44H29N3. The maximum absolute atomic E-state index is 2.41. The molecule has 10 rings (SSSR count). The Morgan fingerprint density at radius 1 is 0.298 bits per heavy atom. The van der Waals surface area contributed by atoms with E-state index in [1.165, 1.54) is 71.3 Å². The molecule has 3 nitrogen and oxygen atoms in total. The van der Waals surface area contributed by atoms with Gasteiger partial charge in [0.25, 0.3) is 0 Å². The van der Waals surface area contributed by atoms with Gasteiger partial charge in [0.15, 0.2) is 0 Å². The van der Waals surface area contributed by atoms with Gasteiger partial charge in [-0.05, 0) is 83.9 Å². The molecule has 0 atom stereocenters. The van der Waals surface area contributed by atoms with Gasteiger partial charge >= 0.3 is 0 Å². The van der Waals surface area contributed by atoms with E-state index < -0.39 is 0 Å². The average Bonchev–Trinajstić information content (AvgIpc) is 3.81. The number of rotatable bonds is 4. The van der Waals surface area contributed by atoms with Gasteiger partial charge in [0.2, 0.25) is 0 Å². The van der Waals surface area contributed by atoms with Gasteiger partial charge < -0.3 is 13.7 Å². The molecule has 0 aliphatic rings. The van der Waals surface area contributed by atoms with Gasteiger partial charge in [0.1, 0.15) is 0 Å². The normalized spacial score (nSPS) is 11.8. The molecule has 0 fully saturated rings. The fourth-order valence-corrected chi connectivity index (χ4v) is 7.50. The van der Waals surface area contributed by atoms with Crippen LogP contribution in [0.2, 0.25) is 0 Å². The second kappa shape index (κ2) is 10.1. The first-order valence-corrected chi connectivity index (χ1v) is 16.1. The van der Waals surface area contributed by atoms with E-state index in [9.17, 15) is 0 Å². The first-order chi connectivity index (χ1) is 23.3. The predicted octanol–water partition coefficient (Wildman–Crippen LogP) is 11.5. The van der Waals surface area contributed by atoms with E-state index in [4.69, 9.17) is 0 Å². The highest BCUT2D eigenvalue weighted by Gasteiger charge is 2.17. The minimum absolute atomic E-state index is 1.15. The number of hydrogen-bond donors (Lipinski definition) is 0. The molecule has 3 aromatic heterocycles. The summed E-state index contributed by atoms with van der Waals surface area (Å²) in [6.07, 6.45) is 2.18. The molecule has 47 heavy (non-hydrogen) atoms. The maximum Gasteiger partial charge on any atom is 0.0548 e. The quantitative estimate of drug-likeness (QED) is 0.191. The first-order valence-electron chi connectivity index (χ1n) is 16.1. The van der Waals surface area contributed by atoms with E-state index >= 15 is 0 Å². The lowest BCUT2D eigenvalue weighted by molar-refractivity contribution is 1.13. The standard InChI is InChI=1S/C44H29N3/c1-3-11-30(12-4-1)31-19-24-38-36-15-7-9-17-40(36)46(43(38)27-31)34-20-22-35(23-21-34)47-41-18-10-8-16-37(41)39-29-42-32(28-44(39)47)25-26-45(42)33-13-5-2-6-14-33/h1-29H. The van der Waals surface area contributed by atoms with Crippen molar-refractivity contribution in [3.05, 3.63) is 176 Å². The van der Waals surface area contributed by atoms with E-state index in [1.54, 1.807) is 0 Å². The SMILES string of the molecule is c1ccc(-c2ccc3c4ccccc4n(-c4ccc(-n5c6ccccc6c6cc7c(ccn7-c7ccccc7)cc65)cc4)c3c2)cc1. The summed E-state index contributed by atoms with van der Waals surface area (Å²) in [5.74, 6) is 0. The van der Waals surface area contributed by atoms with E-state index in [0.717, 1.165) is 11.4 Å². The van der Waals surface area contributed by atoms with E-state index in [-0.39, 0.29) is 0 Å². The van der Waals surface area contributed by atoms with Crippen LogP contribution in [0.3, 0.4) is 0 Å². The van der Waals surface area contributed by atoms with Crippen LogP contribution >= 0.6 is 0 Å². The van der Waals surface area contributed by atoms with Crippen LogP contribution in [-0.2, 0) is 0 Å². The van der Waals surface area contributed by atoms with Crippen molar-refractivity contribution in [1.82, 2.24) is 13.7 Å². The Bertz CT molecular complexity index is 2760. The molecule has 0 aliphatic heterocycles. The van der Waals surface area contributed by atoms with Crippen LogP contribution in [0, 0.1) is 0 Å². The molecule has 7 aromatic carbocycles. The lowest BCUT2D eigenvalue weighted by Gasteiger charge is -2.12. The zero-order valence-corrected chi connectivity index (χ0v) is 25.6. The zero-order chi connectivity index (χ0) is 30.9. The summed E-state index contributed by atoms with van der Waals surface area (Å²) in [7, 11) is 0. The van der Waals surface area contributed by atoms with Crippen molar-refractivity contribution >= 4 is 54.5 Å². The van der Waals surface area contributed by atoms with Gasteiger partial charge in [0, 0.05) is 50.2 Å². The predicted molar refractivity (Wildman–Crippen MR) is 197 cm³/mol. The largest absolute Gasteiger partial charge is 0.317 e. The van der Waals surface area contributed by atoms with E-state index in [2.05, 4.69) is 190 Å². The summed E-state index contributed by atoms with van der Waals surface area (Å²) in [5, 5.41) is 6.26. The number of para-hydroxylation sites is 3. The van der Waals surface area contributed by atoms with Gasteiger partial charge in [-0.15, -0.1) is 0 Å². The Morgan fingerprint density at radius 2 is 0.851 bits per heavy atom. The Morgan fingerprint density at radius 3 is 1.53 bits per heavy atom. The van der Waals surface area contributed by atoms with Crippen LogP contribution in [0.15, 0.2) is 176 Å². The van der Waals surface area contributed by atoms with Crippen molar-refractivity contribution < 1.29 is 0 Å². The average molecular weight is 600 g/mol. The molecule has 0 radical (unpaired) electrons. The second-order valence-corrected chi connectivity index (χ2v) is 12.3. The van der Waals surface area contributed by atoms with Crippen molar-refractivity contribution in [3.63, 3.8) is 0 Å². The molecule has 0 saturated carbocycles. The van der Waals surface area contributed by atoms with Gasteiger partial charge in [-0.1, -0.05) is 97.1 Å². The summed E-state index contributed by atoms with van der Waals surface area (Å²) in [6, 6.07) is 61.5. The summed E-state index contributed by atoms with van der Waals surface area (Å²) in [6.45, 7) is 0. The summed E-state index contributed by atoms with van der Waals surface area (Å²) >= 11 is 0. The molecule has 220 valence electrons. The lowest BCUT2D eigenvalue weighted by atomic mass is 10.0. The minimum Gasteiger partial charge on any atom is -0.317 e. The summed E-state index contributed by atoms with van der Waals surface area (Å²) in [5.41, 5.74) is 12.0. The number of fused-ring (bicyclic) bond motifs is 7. The molecule has 3 heterocycles. The van der Waals surface area contributed by atoms with Crippen LogP contribution in [0.25, 0.3) is 82.7 Å². The number of hydrogen-bond acceptors (Lipinski definition) is 0. The first kappa shape index (κ1) is 26.0. The fourth-order valence-electron chi connectivity index (χ4n) is 7.50. The Labute approximate surface area is 271 Å². The monoisotopic (exact) mass is 599 g/mol. The number of benzene rings is 7. The molecule has 0 bridgehead atoms. The number of aromatic nitrogens is 3. The Balaban J connectivity index is 1.16. The van der Waals surface area contributed by atoms with Crippen molar-refractivity contribution in [1.29, 1.82) is 0 Å².